The molecule has 0 saturated carbocycles. The summed E-state index contributed by atoms with van der Waals surface area (Å²) in [6, 6.07) is 11.8. The SMILES string of the molecule is O=C(Nc1cc(-c2nnc3n2CCCCC3)ccc1F)c1ccc(I)cc1. The Morgan fingerprint density at radius 1 is 1.07 bits per heavy atom. The zero-order valence-electron chi connectivity index (χ0n) is 14.6. The monoisotopic (exact) mass is 476 g/mol. The van der Waals surface area contributed by atoms with E-state index >= 15 is 0 Å². The van der Waals surface area contributed by atoms with Crippen LogP contribution in [-0.4, -0.2) is 20.7 Å². The number of carbonyl (C=O) groups excluding carboxylic acids is 1. The highest BCUT2D eigenvalue weighted by Crippen LogP contribution is 2.27. The summed E-state index contributed by atoms with van der Waals surface area (Å²) in [6.45, 7) is 0.861. The number of amides is 1. The highest BCUT2D eigenvalue weighted by molar-refractivity contribution is 14.1. The number of fused-ring (bicyclic) bond motifs is 1. The lowest BCUT2D eigenvalue weighted by atomic mass is 10.1. The van der Waals surface area contributed by atoms with Crippen LogP contribution >= 0.6 is 22.6 Å². The molecule has 0 fully saturated rings. The molecule has 27 heavy (non-hydrogen) atoms. The van der Waals surface area contributed by atoms with Gasteiger partial charge in [0.1, 0.15) is 11.6 Å². The molecule has 2 heterocycles. The van der Waals surface area contributed by atoms with Gasteiger partial charge in [-0.15, -0.1) is 10.2 Å². The van der Waals surface area contributed by atoms with Crippen molar-refractivity contribution in [1.82, 2.24) is 14.8 Å². The van der Waals surface area contributed by atoms with Crippen molar-refractivity contribution in [2.75, 3.05) is 5.32 Å². The third-order valence-corrected chi connectivity index (χ3v) is 5.41. The minimum Gasteiger partial charge on any atom is -0.319 e. The zero-order valence-corrected chi connectivity index (χ0v) is 16.7. The molecule has 138 valence electrons. The van der Waals surface area contributed by atoms with Crippen LogP contribution in [0.25, 0.3) is 11.4 Å². The van der Waals surface area contributed by atoms with E-state index in [1.54, 1.807) is 24.3 Å². The van der Waals surface area contributed by atoms with E-state index in [1.807, 2.05) is 12.1 Å². The Morgan fingerprint density at radius 2 is 1.89 bits per heavy atom. The molecule has 1 aliphatic heterocycles. The molecule has 1 aliphatic rings. The van der Waals surface area contributed by atoms with Crippen molar-refractivity contribution in [3.63, 3.8) is 0 Å². The number of hydrogen-bond donors (Lipinski definition) is 1. The van der Waals surface area contributed by atoms with Crippen molar-refractivity contribution in [1.29, 1.82) is 0 Å². The Morgan fingerprint density at radius 3 is 2.70 bits per heavy atom. The maximum Gasteiger partial charge on any atom is 0.255 e. The van der Waals surface area contributed by atoms with Crippen molar-refractivity contribution in [3.05, 3.63) is 63.2 Å². The largest absolute Gasteiger partial charge is 0.319 e. The van der Waals surface area contributed by atoms with Crippen molar-refractivity contribution in [3.8, 4) is 11.4 Å². The van der Waals surface area contributed by atoms with Gasteiger partial charge < -0.3 is 9.88 Å². The van der Waals surface area contributed by atoms with E-state index < -0.39 is 5.82 Å². The van der Waals surface area contributed by atoms with Crippen LogP contribution in [0, 0.1) is 9.39 Å². The summed E-state index contributed by atoms with van der Waals surface area (Å²) in [5.41, 5.74) is 1.37. The van der Waals surface area contributed by atoms with E-state index in [4.69, 9.17) is 0 Å². The van der Waals surface area contributed by atoms with Gasteiger partial charge in [0.05, 0.1) is 5.69 Å². The third kappa shape index (κ3) is 3.87. The fraction of sp³-hybridized carbons (Fsp3) is 0.250. The molecular weight excluding hydrogens is 458 g/mol. The molecule has 0 atom stereocenters. The Bertz CT molecular complexity index is 984. The van der Waals surface area contributed by atoms with Gasteiger partial charge >= 0.3 is 0 Å². The van der Waals surface area contributed by atoms with Gasteiger partial charge in [0.15, 0.2) is 5.82 Å². The van der Waals surface area contributed by atoms with Gasteiger partial charge in [-0.3, -0.25) is 4.79 Å². The van der Waals surface area contributed by atoms with Crippen LogP contribution in [0.1, 0.15) is 35.4 Å². The van der Waals surface area contributed by atoms with Crippen LogP contribution in [0.5, 0.6) is 0 Å². The first-order chi connectivity index (χ1) is 13.1. The fourth-order valence-corrected chi connectivity index (χ4v) is 3.61. The number of anilines is 1. The summed E-state index contributed by atoms with van der Waals surface area (Å²) in [5, 5.41) is 11.3. The van der Waals surface area contributed by atoms with Crippen molar-refractivity contribution in [2.45, 2.75) is 32.2 Å². The Hall–Kier alpha value is -2.29. The minimum atomic E-state index is -0.479. The second-order valence-corrected chi connectivity index (χ2v) is 7.80. The van der Waals surface area contributed by atoms with E-state index in [0.717, 1.165) is 46.6 Å². The van der Waals surface area contributed by atoms with E-state index in [1.165, 1.54) is 12.5 Å². The molecule has 0 radical (unpaired) electrons. The molecule has 1 amide bonds. The van der Waals surface area contributed by atoms with Crippen LogP contribution in [0.4, 0.5) is 10.1 Å². The molecule has 4 rings (SSSR count). The normalized spacial score (nSPS) is 13.7. The van der Waals surface area contributed by atoms with Crippen molar-refractivity contribution < 1.29 is 9.18 Å². The molecule has 5 nitrogen and oxygen atoms in total. The van der Waals surface area contributed by atoms with Gasteiger partial charge in [0.25, 0.3) is 5.91 Å². The number of nitrogens with zero attached hydrogens (tertiary/aromatic N) is 3. The number of carbonyl (C=O) groups is 1. The fourth-order valence-electron chi connectivity index (χ4n) is 3.25. The number of hydrogen-bond acceptors (Lipinski definition) is 3. The molecule has 2 aromatic carbocycles. The van der Waals surface area contributed by atoms with E-state index in [-0.39, 0.29) is 11.6 Å². The van der Waals surface area contributed by atoms with Gasteiger partial charge in [0, 0.05) is 27.7 Å². The molecule has 0 unspecified atom stereocenters. The molecule has 7 heteroatoms. The molecule has 0 spiro atoms. The van der Waals surface area contributed by atoms with Crippen LogP contribution in [0.3, 0.4) is 0 Å². The number of benzene rings is 2. The summed E-state index contributed by atoms with van der Waals surface area (Å²) >= 11 is 2.17. The molecule has 0 aliphatic carbocycles. The average molecular weight is 476 g/mol. The first-order valence-corrected chi connectivity index (χ1v) is 9.98. The lowest BCUT2D eigenvalue weighted by Crippen LogP contribution is -2.13. The maximum atomic E-state index is 14.3. The third-order valence-electron chi connectivity index (χ3n) is 4.69. The lowest BCUT2D eigenvalue weighted by Gasteiger charge is -2.10. The highest BCUT2D eigenvalue weighted by atomic mass is 127. The summed E-state index contributed by atoms with van der Waals surface area (Å²) in [4.78, 5) is 12.4. The zero-order chi connectivity index (χ0) is 18.8. The summed E-state index contributed by atoms with van der Waals surface area (Å²) in [6.07, 6.45) is 4.27. The van der Waals surface area contributed by atoms with Gasteiger partial charge in [-0.25, -0.2) is 4.39 Å². The lowest BCUT2D eigenvalue weighted by molar-refractivity contribution is 0.102. The first-order valence-electron chi connectivity index (χ1n) is 8.91. The summed E-state index contributed by atoms with van der Waals surface area (Å²) in [7, 11) is 0. The number of aryl methyl sites for hydroxylation is 1. The Balaban J connectivity index is 1.63. The molecule has 3 aromatic rings. The quantitative estimate of drug-likeness (QED) is 0.560. The van der Waals surface area contributed by atoms with Crippen LogP contribution in [0.15, 0.2) is 42.5 Å². The minimum absolute atomic E-state index is 0.141. The molecule has 0 bridgehead atoms. The second kappa shape index (κ2) is 7.75. The van der Waals surface area contributed by atoms with E-state index in [2.05, 4.69) is 42.7 Å². The Kier molecular flexibility index (Phi) is 5.20. The van der Waals surface area contributed by atoms with Crippen LogP contribution in [-0.2, 0) is 13.0 Å². The molecule has 1 N–H and O–H groups in total. The first kappa shape index (κ1) is 18.1. The highest BCUT2D eigenvalue weighted by Gasteiger charge is 2.18. The average Bonchev–Trinajstić information content (AvgIpc) is 2.92. The van der Waals surface area contributed by atoms with Crippen molar-refractivity contribution in [2.24, 2.45) is 0 Å². The maximum absolute atomic E-state index is 14.3. The second-order valence-electron chi connectivity index (χ2n) is 6.56. The predicted molar refractivity (Wildman–Crippen MR) is 110 cm³/mol. The molecule has 0 saturated heterocycles. The topological polar surface area (TPSA) is 59.8 Å². The number of rotatable bonds is 3. The van der Waals surface area contributed by atoms with Gasteiger partial charge in [-0.2, -0.15) is 0 Å². The molecule has 1 aromatic heterocycles. The summed E-state index contributed by atoms with van der Waals surface area (Å²) in [5.74, 6) is 0.865. The van der Waals surface area contributed by atoms with Crippen molar-refractivity contribution >= 4 is 34.2 Å². The Labute approximate surface area is 170 Å². The van der Waals surface area contributed by atoms with Gasteiger partial charge in [-0.05, 0) is 77.9 Å². The van der Waals surface area contributed by atoms with Gasteiger partial charge in [0.2, 0.25) is 0 Å². The van der Waals surface area contributed by atoms with Gasteiger partial charge in [-0.1, -0.05) is 6.42 Å². The van der Waals surface area contributed by atoms with E-state index in [9.17, 15) is 9.18 Å². The number of nitrogens with one attached hydrogen (secondary N) is 1. The molecular formula is C20H18FIN4O. The standard InChI is InChI=1S/C20H18FIN4O/c21-16-10-7-14(19-25-24-18-4-2-1-3-11-26(18)19)12-17(16)23-20(27)13-5-8-15(22)9-6-13/h5-10,12H,1-4,11H2,(H,23,27). The van der Waals surface area contributed by atoms with Crippen LogP contribution in [0.2, 0.25) is 0 Å². The predicted octanol–water partition coefficient (Wildman–Crippen LogP) is 4.67. The number of halogens is 2. The number of aromatic nitrogens is 3. The van der Waals surface area contributed by atoms with E-state index in [0.29, 0.717) is 5.56 Å². The summed E-state index contributed by atoms with van der Waals surface area (Å²) < 4.78 is 17.4. The smallest absolute Gasteiger partial charge is 0.255 e. The van der Waals surface area contributed by atoms with Crippen LogP contribution < -0.4 is 5.32 Å².